The van der Waals surface area contributed by atoms with E-state index in [-0.39, 0.29) is 77.3 Å². The van der Waals surface area contributed by atoms with Crippen LogP contribution < -0.4 is 0 Å². The molecule has 0 unspecified atom stereocenters. The summed E-state index contributed by atoms with van der Waals surface area (Å²) in [6.07, 6.45) is 0. The molecule has 0 radical (unpaired) electrons. The molecule has 0 amide bonds. The van der Waals surface area contributed by atoms with Gasteiger partial charge in [0.05, 0.1) is 0 Å². The van der Waals surface area contributed by atoms with Crippen molar-refractivity contribution in [1.82, 2.24) is 0 Å². The van der Waals surface area contributed by atoms with Crippen LogP contribution in [0.25, 0.3) is 0 Å². The minimum absolute atomic E-state index is 0. The van der Waals surface area contributed by atoms with E-state index in [1.807, 2.05) is 0 Å². The molecule has 0 atom stereocenters. The quantitative estimate of drug-likeness (QED) is 0.207. The van der Waals surface area contributed by atoms with E-state index in [4.69, 9.17) is 52.6 Å². The Kier molecular flexibility index (Phi) is 31.8. The van der Waals surface area contributed by atoms with Crippen LogP contribution in [-0.4, -0.2) is 113 Å². The fourth-order valence-electron chi connectivity index (χ4n) is 0. The molecular formula is CaMgNiO12S3. The van der Waals surface area contributed by atoms with Gasteiger partial charge in [-0.3, -0.25) is 25.3 Å². The Bertz CT molecular complexity index is 348. The molecule has 0 heterocycles. The maximum atomic E-state index is 8.52. The van der Waals surface area contributed by atoms with Gasteiger partial charge in [0.1, 0.15) is 0 Å². The smallest absolute Gasteiger partial charge is 0.759 e. The summed E-state index contributed by atoms with van der Waals surface area (Å²) in [5.74, 6) is 0. The fourth-order valence-corrected chi connectivity index (χ4v) is 0. The van der Waals surface area contributed by atoms with Crippen molar-refractivity contribution in [2.45, 2.75) is 0 Å². The largest absolute Gasteiger partial charge is 2.00 e. The van der Waals surface area contributed by atoms with Crippen molar-refractivity contribution in [1.29, 1.82) is 0 Å². The second-order valence-corrected chi connectivity index (χ2v) is 3.67. The van der Waals surface area contributed by atoms with Crippen LogP contribution in [0.2, 0.25) is 0 Å². The van der Waals surface area contributed by atoms with Crippen molar-refractivity contribution < 1.29 is 69.1 Å². The van der Waals surface area contributed by atoms with Crippen molar-refractivity contribution in [3.8, 4) is 0 Å². The van der Waals surface area contributed by atoms with Crippen LogP contribution in [0.15, 0.2) is 0 Å². The number of hydrogen-bond donors (Lipinski definition) is 0. The van der Waals surface area contributed by atoms with E-state index in [1.165, 1.54) is 0 Å². The molecule has 0 aromatic carbocycles. The maximum Gasteiger partial charge on any atom is 2.00 e. The molecule has 0 aliphatic carbocycles. The van der Waals surface area contributed by atoms with Crippen LogP contribution in [0.1, 0.15) is 0 Å². The normalized spacial score (nSPS) is 9.67. The Hall–Kier alpha value is 2.13. The van der Waals surface area contributed by atoms with E-state index in [2.05, 4.69) is 0 Å². The third-order valence-corrected chi connectivity index (χ3v) is 0. The first-order valence-electron chi connectivity index (χ1n) is 2.00. The molecule has 0 aromatic rings. The van der Waals surface area contributed by atoms with Crippen molar-refractivity contribution in [3.05, 3.63) is 0 Å². The van der Waals surface area contributed by atoms with Crippen LogP contribution in [0.4, 0.5) is 0 Å². The summed E-state index contributed by atoms with van der Waals surface area (Å²) in [6, 6.07) is 0. The molecule has 0 rings (SSSR count). The van der Waals surface area contributed by atoms with Crippen LogP contribution in [0, 0.1) is 0 Å². The van der Waals surface area contributed by atoms with Crippen LogP contribution in [0.3, 0.4) is 0 Å². The average Bonchev–Trinajstić information content (AvgIpc) is 1.41. The van der Waals surface area contributed by atoms with E-state index < -0.39 is 31.2 Å². The van der Waals surface area contributed by atoms with Gasteiger partial charge in [-0.05, 0) is 0 Å². The maximum absolute atomic E-state index is 8.52. The molecule has 0 aliphatic rings. The molecule has 0 N–H and O–H groups in total. The molecule has 0 fully saturated rings. The van der Waals surface area contributed by atoms with Gasteiger partial charge < -0.3 is 27.3 Å². The van der Waals surface area contributed by atoms with Crippen LogP contribution in [-0.2, 0) is 47.7 Å². The summed E-state index contributed by atoms with van der Waals surface area (Å²) in [5.41, 5.74) is 0. The summed E-state index contributed by atoms with van der Waals surface area (Å²) < 4.78 is 102. The van der Waals surface area contributed by atoms with E-state index >= 15 is 0 Å². The van der Waals surface area contributed by atoms with Crippen molar-refractivity contribution >= 4 is 92.0 Å². The minimum atomic E-state index is -5.17. The first-order valence-corrected chi connectivity index (χ1v) is 6.00. The Morgan fingerprint density at radius 1 is 0.500 bits per heavy atom. The molecule has 0 aromatic heterocycles. The second kappa shape index (κ2) is 15.5. The molecule has 12 nitrogen and oxygen atoms in total. The Morgan fingerprint density at radius 2 is 0.500 bits per heavy atom. The first-order chi connectivity index (χ1) is 6.00. The SMILES string of the molecule is O=S(=O)([O-])[O-].O=S(=O)([O-])[O-].O=S(=O)([O-])[O-].[Ca+2].[Mg+2].[Ni+2]. The summed E-state index contributed by atoms with van der Waals surface area (Å²) in [4.78, 5) is 0. The molecule has 18 heavy (non-hydrogen) atoms. The van der Waals surface area contributed by atoms with E-state index in [0.29, 0.717) is 0 Å². The first kappa shape index (κ1) is 36.9. The molecule has 104 valence electrons. The topological polar surface area (TPSA) is 241 Å². The second-order valence-electron chi connectivity index (χ2n) is 1.22. The van der Waals surface area contributed by atoms with Gasteiger partial charge >= 0.3 is 77.3 Å². The molecule has 0 spiro atoms. The van der Waals surface area contributed by atoms with Crippen LogP contribution in [0.5, 0.6) is 0 Å². The van der Waals surface area contributed by atoms with Gasteiger partial charge in [0.2, 0.25) is 0 Å². The van der Waals surface area contributed by atoms with Gasteiger partial charge in [0.25, 0.3) is 0 Å². The Morgan fingerprint density at radius 3 is 0.500 bits per heavy atom. The number of rotatable bonds is 0. The number of hydrogen-bond acceptors (Lipinski definition) is 12. The van der Waals surface area contributed by atoms with E-state index in [9.17, 15) is 0 Å². The minimum Gasteiger partial charge on any atom is -0.759 e. The molecule has 0 bridgehead atoms. The standard InChI is InChI=1S/Ca.Mg.Ni.3H2O4S/c;;;3*1-5(2,3)4/h;;;3*(H2,1,2,3,4)/q3*+2;;;/p-6. The average molecular weight is 411 g/mol. The van der Waals surface area contributed by atoms with E-state index in [0.717, 1.165) is 0 Å². The van der Waals surface area contributed by atoms with Gasteiger partial charge in [-0.25, -0.2) is 0 Å². The summed E-state index contributed by atoms with van der Waals surface area (Å²) in [5, 5.41) is 0. The zero-order valence-electron chi connectivity index (χ0n) is 7.85. The van der Waals surface area contributed by atoms with Gasteiger partial charge in [0.15, 0.2) is 0 Å². The summed E-state index contributed by atoms with van der Waals surface area (Å²) in [7, 11) is -15.5. The summed E-state index contributed by atoms with van der Waals surface area (Å²) in [6.45, 7) is 0. The van der Waals surface area contributed by atoms with Crippen molar-refractivity contribution in [2.75, 3.05) is 0 Å². The van der Waals surface area contributed by atoms with Crippen LogP contribution >= 0.6 is 0 Å². The molecular weight excluding hydrogens is 411 g/mol. The van der Waals surface area contributed by atoms with Gasteiger partial charge in [-0.15, -0.1) is 0 Å². The zero-order chi connectivity index (χ0) is 13.5. The monoisotopic (exact) mass is 410 g/mol. The third kappa shape index (κ3) is 1170. The van der Waals surface area contributed by atoms with Gasteiger partial charge in [-0.1, -0.05) is 0 Å². The molecule has 0 aliphatic heterocycles. The van der Waals surface area contributed by atoms with Crippen molar-refractivity contribution in [2.24, 2.45) is 0 Å². The van der Waals surface area contributed by atoms with Gasteiger partial charge in [-0.2, -0.15) is 0 Å². The van der Waals surface area contributed by atoms with Crippen molar-refractivity contribution in [3.63, 3.8) is 0 Å². The van der Waals surface area contributed by atoms with Gasteiger partial charge in [0, 0.05) is 31.2 Å². The molecule has 0 saturated carbocycles. The predicted molar refractivity (Wildman–Crippen MR) is 42.9 cm³/mol. The molecule has 0 saturated heterocycles. The fraction of sp³-hybridized carbons (Fsp3) is 0. The Balaban J connectivity index is -0.0000000277. The zero-order valence-corrected chi connectivity index (χ0v) is 14.9. The molecule has 18 heteroatoms. The third-order valence-electron chi connectivity index (χ3n) is 0. The predicted octanol–water partition coefficient (Wildman–Crippen LogP) is -4.78. The van der Waals surface area contributed by atoms with E-state index in [1.54, 1.807) is 0 Å². The summed E-state index contributed by atoms with van der Waals surface area (Å²) >= 11 is 0. The Labute approximate surface area is 159 Å².